The number of aliphatic hydroxyl groups excluding tert-OH is 1. The van der Waals surface area contributed by atoms with Gasteiger partial charge in [-0.2, -0.15) is 0 Å². The average Bonchev–Trinajstić information content (AvgIpc) is 3.38. The molecule has 1 N–H and O–H groups in total. The lowest BCUT2D eigenvalue weighted by atomic mass is 10.1. The Morgan fingerprint density at radius 2 is 0.436 bits per heavy atom. The van der Waals surface area contributed by atoms with Gasteiger partial charge in [0, 0.05) is 26.4 Å². The standard InChI is InChI=1S/C69H144N2O5.2BrH/c1-9-13-17-21-25-29-33-37-41-45-49-53-57-73-65-68(75-59-55-51-47-43-39-35-31-27-23-19-15-11-3)63-70(5,6)61-67(72)62-71(7,8)64-69(76-60-56-52-48-44-40-36-32-28-24-20-16-12-4)66-74-58-54-50-46-42-38-34-30-26-22-18-14-10-2;;/h67-69,72H,9-66H2,1-8H3;2*1H/q+2;;/p-2. The summed E-state index contributed by atoms with van der Waals surface area (Å²) in [4.78, 5) is 0. The zero-order valence-corrected chi connectivity index (χ0v) is 57.6. The van der Waals surface area contributed by atoms with Crippen LogP contribution in [-0.2, 0) is 18.9 Å². The molecule has 0 radical (unpaired) electrons. The Morgan fingerprint density at radius 3 is 0.641 bits per heavy atom. The van der Waals surface area contributed by atoms with Crippen LogP contribution in [0.5, 0.6) is 0 Å². The molecule has 0 bridgehead atoms. The SMILES string of the molecule is CCCCCCCCCCCCCCOCC(C[N+](C)(C)CC(O)C[N+](C)(C)CC(COCCCCCCCCCCCCCC)OCCCCCCCCCCCCCC)OCCCCCCCCCCCCCC.[Br-].[Br-]. The van der Waals surface area contributed by atoms with Crippen molar-refractivity contribution < 1.29 is 67.0 Å². The van der Waals surface area contributed by atoms with Crippen molar-refractivity contribution in [2.45, 2.75) is 354 Å². The Hall–Kier alpha value is 0.680. The lowest BCUT2D eigenvalue weighted by Crippen LogP contribution is -3.00. The van der Waals surface area contributed by atoms with Gasteiger partial charge in [0.1, 0.15) is 38.4 Å². The summed E-state index contributed by atoms with van der Waals surface area (Å²) < 4.78 is 27.5. The van der Waals surface area contributed by atoms with E-state index in [1.165, 1.54) is 283 Å². The van der Waals surface area contributed by atoms with Crippen LogP contribution in [0.3, 0.4) is 0 Å². The summed E-state index contributed by atoms with van der Waals surface area (Å²) in [5, 5.41) is 11.8. The number of nitrogens with zero attached hydrogens (tertiary/aromatic N) is 2. The number of rotatable bonds is 66. The van der Waals surface area contributed by atoms with Crippen molar-refractivity contribution in [3.05, 3.63) is 0 Å². The molecule has 0 aliphatic heterocycles. The first-order valence-electron chi connectivity index (χ1n) is 34.8. The predicted molar refractivity (Wildman–Crippen MR) is 335 cm³/mol. The van der Waals surface area contributed by atoms with Crippen LogP contribution in [0.1, 0.15) is 336 Å². The molecule has 0 amide bonds. The summed E-state index contributed by atoms with van der Waals surface area (Å²) in [5.74, 6) is 0. The molecule has 0 aliphatic carbocycles. The van der Waals surface area contributed by atoms with Gasteiger partial charge in [0.15, 0.2) is 6.10 Å². The van der Waals surface area contributed by atoms with Crippen molar-refractivity contribution >= 4 is 0 Å². The number of likely N-dealkylation sites (N-methyl/N-ethyl adjacent to an activating group) is 2. The van der Waals surface area contributed by atoms with E-state index in [0.29, 0.717) is 35.3 Å². The zero-order chi connectivity index (χ0) is 55.6. The summed E-state index contributed by atoms with van der Waals surface area (Å²) >= 11 is 0. The van der Waals surface area contributed by atoms with E-state index in [9.17, 15) is 5.11 Å². The van der Waals surface area contributed by atoms with Gasteiger partial charge in [0.2, 0.25) is 0 Å². The largest absolute Gasteiger partial charge is 1.00 e. The third-order valence-electron chi connectivity index (χ3n) is 16.4. The molecule has 0 rings (SSSR count). The first kappa shape index (κ1) is 82.9. The Kier molecular flexibility index (Phi) is 69.3. The van der Waals surface area contributed by atoms with Crippen LogP contribution in [0.4, 0.5) is 0 Å². The summed E-state index contributed by atoms with van der Waals surface area (Å²) in [6.07, 6.45) is 64.8. The van der Waals surface area contributed by atoms with Crippen molar-refractivity contribution in [3.63, 3.8) is 0 Å². The number of hydrogen-bond acceptors (Lipinski definition) is 5. The van der Waals surface area contributed by atoms with Crippen LogP contribution in [0.25, 0.3) is 0 Å². The van der Waals surface area contributed by atoms with Crippen LogP contribution in [0.2, 0.25) is 0 Å². The molecule has 0 spiro atoms. The normalized spacial score (nSPS) is 13.2. The molecule has 0 aromatic rings. The van der Waals surface area contributed by atoms with E-state index in [0.717, 1.165) is 65.2 Å². The number of quaternary nitrogens is 2. The van der Waals surface area contributed by atoms with Crippen LogP contribution < -0.4 is 34.0 Å². The first-order valence-corrected chi connectivity index (χ1v) is 34.8. The fourth-order valence-corrected chi connectivity index (χ4v) is 11.7. The number of ether oxygens (including phenoxy) is 4. The minimum Gasteiger partial charge on any atom is -1.00 e. The van der Waals surface area contributed by atoms with Crippen LogP contribution in [0.15, 0.2) is 0 Å². The van der Waals surface area contributed by atoms with Crippen molar-refractivity contribution in [1.82, 2.24) is 0 Å². The molecule has 0 saturated heterocycles. The maximum Gasteiger partial charge on any atom is 0.152 e. The van der Waals surface area contributed by atoms with Crippen molar-refractivity contribution in [2.24, 2.45) is 0 Å². The van der Waals surface area contributed by atoms with Gasteiger partial charge in [0.05, 0.1) is 41.4 Å². The van der Waals surface area contributed by atoms with E-state index in [1.807, 2.05) is 0 Å². The minimum absolute atomic E-state index is 0. The second-order valence-corrected chi connectivity index (χ2v) is 25.9. The first-order chi connectivity index (χ1) is 37.1. The molecule has 0 aromatic heterocycles. The Labute approximate surface area is 512 Å². The lowest BCUT2D eigenvalue weighted by molar-refractivity contribution is -0.917. The highest BCUT2D eigenvalue weighted by Crippen LogP contribution is 2.18. The van der Waals surface area contributed by atoms with Gasteiger partial charge < -0.3 is 67.0 Å². The van der Waals surface area contributed by atoms with Crippen molar-refractivity contribution in [2.75, 3.05) is 94.0 Å². The molecule has 7 nitrogen and oxygen atoms in total. The molecular formula is C69H144Br2N2O5. The fourth-order valence-electron chi connectivity index (χ4n) is 11.7. The second-order valence-electron chi connectivity index (χ2n) is 25.9. The molecule has 0 aliphatic rings. The van der Waals surface area contributed by atoms with Gasteiger partial charge in [-0.15, -0.1) is 0 Å². The van der Waals surface area contributed by atoms with Gasteiger partial charge in [-0.1, -0.05) is 310 Å². The Balaban J connectivity index is -0.0000281. The number of halogens is 2. The zero-order valence-electron chi connectivity index (χ0n) is 54.5. The number of hydrogen-bond donors (Lipinski definition) is 1. The smallest absolute Gasteiger partial charge is 0.152 e. The fraction of sp³-hybridized carbons (Fsp3) is 1.00. The van der Waals surface area contributed by atoms with E-state index < -0.39 is 6.10 Å². The molecule has 474 valence electrons. The summed E-state index contributed by atoms with van der Waals surface area (Å²) in [7, 11) is 9.11. The Morgan fingerprint density at radius 1 is 0.256 bits per heavy atom. The lowest BCUT2D eigenvalue weighted by Gasteiger charge is -2.38. The number of unbranched alkanes of at least 4 members (excludes halogenated alkanes) is 44. The van der Waals surface area contributed by atoms with Crippen LogP contribution in [-0.4, -0.2) is 126 Å². The van der Waals surface area contributed by atoms with Gasteiger partial charge >= 0.3 is 0 Å². The molecule has 0 aromatic carbocycles. The molecule has 0 saturated carbocycles. The number of aliphatic hydroxyl groups is 1. The topological polar surface area (TPSA) is 57.2 Å². The molecule has 2 unspecified atom stereocenters. The summed E-state index contributed by atoms with van der Waals surface area (Å²) in [5.41, 5.74) is 0. The molecule has 9 heteroatoms. The second kappa shape index (κ2) is 65.2. The highest BCUT2D eigenvalue weighted by Gasteiger charge is 2.32. The molecule has 0 heterocycles. The molecule has 78 heavy (non-hydrogen) atoms. The maximum absolute atomic E-state index is 11.8. The van der Waals surface area contributed by atoms with Gasteiger partial charge in [-0.05, 0) is 25.7 Å². The quantitative estimate of drug-likeness (QED) is 0.0486. The summed E-state index contributed by atoms with van der Waals surface area (Å²) in [6, 6.07) is 0. The van der Waals surface area contributed by atoms with Gasteiger partial charge in [-0.25, -0.2) is 0 Å². The highest BCUT2D eigenvalue weighted by molar-refractivity contribution is 4.64. The van der Waals surface area contributed by atoms with E-state index in [1.54, 1.807) is 0 Å². The monoisotopic (exact) mass is 1240 g/mol. The van der Waals surface area contributed by atoms with E-state index in [2.05, 4.69) is 55.9 Å². The summed E-state index contributed by atoms with van der Waals surface area (Å²) in [6.45, 7) is 16.8. The third kappa shape index (κ3) is 64.2. The molecular weight excluding hydrogens is 1100 g/mol. The average molecular weight is 1240 g/mol. The van der Waals surface area contributed by atoms with Gasteiger partial charge in [0.25, 0.3) is 0 Å². The van der Waals surface area contributed by atoms with Crippen LogP contribution in [0, 0.1) is 0 Å². The van der Waals surface area contributed by atoms with Crippen molar-refractivity contribution in [3.8, 4) is 0 Å². The van der Waals surface area contributed by atoms with Crippen LogP contribution >= 0.6 is 0 Å². The van der Waals surface area contributed by atoms with Crippen molar-refractivity contribution in [1.29, 1.82) is 0 Å². The molecule has 2 atom stereocenters. The third-order valence-corrected chi connectivity index (χ3v) is 16.4. The van der Waals surface area contributed by atoms with E-state index >= 15 is 0 Å². The van der Waals surface area contributed by atoms with Gasteiger partial charge in [-0.3, -0.25) is 0 Å². The predicted octanol–water partition coefficient (Wildman–Crippen LogP) is 14.1. The highest BCUT2D eigenvalue weighted by atomic mass is 79.9. The van der Waals surface area contributed by atoms with E-state index in [-0.39, 0.29) is 46.2 Å². The molecule has 0 fully saturated rings. The van der Waals surface area contributed by atoms with E-state index in [4.69, 9.17) is 18.9 Å². The minimum atomic E-state index is -0.428. The maximum atomic E-state index is 11.8. The Bertz CT molecular complexity index is 1020.